The van der Waals surface area contributed by atoms with Crippen LogP contribution in [0.1, 0.15) is 463 Å². The summed E-state index contributed by atoms with van der Waals surface area (Å²) in [6.45, 7) is 4.95. The number of unbranched alkanes of at least 4 members (excludes halogenated alkanes) is 63. The second-order valence-electron chi connectivity index (χ2n) is 28.4. The van der Waals surface area contributed by atoms with Crippen molar-refractivity contribution in [2.75, 3.05) is 13.2 Å². The highest BCUT2D eigenvalue weighted by molar-refractivity contribution is 5.76. The molecule has 0 heterocycles. The number of aliphatic hydroxyl groups is 2. The van der Waals surface area contributed by atoms with Crippen LogP contribution in [0.4, 0.5) is 0 Å². The van der Waals surface area contributed by atoms with Gasteiger partial charge in [-0.1, -0.05) is 403 Å². The molecule has 0 aliphatic rings. The fourth-order valence-corrected chi connectivity index (χ4v) is 13.1. The Kier molecular flexibility index (Phi) is 77.8. The van der Waals surface area contributed by atoms with Crippen LogP contribution in [0, 0.1) is 0 Å². The van der Waals surface area contributed by atoms with E-state index in [2.05, 4.69) is 43.5 Å². The van der Waals surface area contributed by atoms with Gasteiger partial charge in [0.2, 0.25) is 5.91 Å². The molecule has 0 saturated heterocycles. The van der Waals surface area contributed by atoms with E-state index in [0.29, 0.717) is 19.4 Å². The van der Waals surface area contributed by atoms with Gasteiger partial charge >= 0.3 is 5.97 Å². The van der Waals surface area contributed by atoms with E-state index in [1.807, 2.05) is 6.08 Å². The molecule has 0 aromatic rings. The first-order valence-corrected chi connectivity index (χ1v) is 41.3. The summed E-state index contributed by atoms with van der Waals surface area (Å²) in [7, 11) is 0. The molecule has 0 aromatic heterocycles. The number of rotatable bonds is 78. The molecule has 0 aliphatic carbocycles. The minimum atomic E-state index is -0.844. The van der Waals surface area contributed by atoms with E-state index in [0.717, 1.165) is 38.5 Å². The summed E-state index contributed by atoms with van der Waals surface area (Å²) in [5, 5.41) is 23.3. The Hall–Kier alpha value is -1.92. The Morgan fingerprint density at radius 1 is 0.300 bits per heavy atom. The van der Waals surface area contributed by atoms with Crippen LogP contribution in [0.3, 0.4) is 0 Å². The first kappa shape index (κ1) is 88.1. The van der Waals surface area contributed by atoms with Crippen LogP contribution in [0.25, 0.3) is 0 Å². The molecule has 0 bridgehead atoms. The summed E-state index contributed by atoms with van der Waals surface area (Å²) in [5.74, 6) is -0.0413. The second kappa shape index (κ2) is 79.5. The zero-order chi connectivity index (χ0) is 64.9. The quantitative estimate of drug-likeness (QED) is 0.0320. The number of hydrogen-bond acceptors (Lipinski definition) is 5. The third kappa shape index (κ3) is 75.1. The zero-order valence-corrected chi connectivity index (χ0v) is 61.1. The molecule has 2 unspecified atom stereocenters. The van der Waals surface area contributed by atoms with E-state index in [9.17, 15) is 19.8 Å². The zero-order valence-electron chi connectivity index (χ0n) is 61.1. The van der Waals surface area contributed by atoms with E-state index in [-0.39, 0.29) is 18.5 Å². The molecule has 0 aliphatic heterocycles. The SMILES string of the molecule is CCCCCCCC/C=C\CCCCCCCCCCCC(=O)OCCCCCCCCCCCCCC/C=C\CCCCCCCCCCCCCCCCCCCC(=O)NC(CO)C(O)/C=C/CCCCCCCCCCCCCCCCCCCCC. The lowest BCUT2D eigenvalue weighted by Gasteiger charge is -2.20. The van der Waals surface area contributed by atoms with Crippen LogP contribution in [0.2, 0.25) is 0 Å². The van der Waals surface area contributed by atoms with Crippen LogP contribution < -0.4 is 5.32 Å². The Labute approximate surface area is 564 Å². The van der Waals surface area contributed by atoms with Gasteiger partial charge < -0.3 is 20.3 Å². The van der Waals surface area contributed by atoms with Crippen molar-refractivity contribution in [3.8, 4) is 0 Å². The number of allylic oxidation sites excluding steroid dienone is 5. The molecule has 6 nitrogen and oxygen atoms in total. The summed E-state index contributed by atoms with van der Waals surface area (Å²) in [5.41, 5.74) is 0. The lowest BCUT2D eigenvalue weighted by Crippen LogP contribution is -2.45. The second-order valence-corrected chi connectivity index (χ2v) is 28.4. The first-order chi connectivity index (χ1) is 44.5. The number of aliphatic hydroxyl groups excluding tert-OH is 2. The van der Waals surface area contributed by atoms with Gasteiger partial charge in [0, 0.05) is 12.8 Å². The van der Waals surface area contributed by atoms with Gasteiger partial charge in [-0.05, 0) is 83.5 Å². The highest BCUT2D eigenvalue weighted by atomic mass is 16.5. The molecule has 0 rings (SSSR count). The van der Waals surface area contributed by atoms with Crippen LogP contribution >= 0.6 is 0 Å². The van der Waals surface area contributed by atoms with Crippen LogP contribution in [-0.2, 0) is 14.3 Å². The molecular weight excluding hydrogens is 1100 g/mol. The molecule has 0 saturated carbocycles. The minimum Gasteiger partial charge on any atom is -0.466 e. The summed E-state index contributed by atoms with van der Waals surface area (Å²) in [6.07, 6.45) is 104. The maximum absolute atomic E-state index is 12.5. The first-order valence-electron chi connectivity index (χ1n) is 41.3. The van der Waals surface area contributed by atoms with Crippen molar-refractivity contribution in [2.24, 2.45) is 0 Å². The number of nitrogens with one attached hydrogen (secondary N) is 1. The smallest absolute Gasteiger partial charge is 0.305 e. The molecular formula is C84H161NO5. The fraction of sp³-hybridized carbons (Fsp3) is 0.905. The van der Waals surface area contributed by atoms with Crippen LogP contribution in [0.5, 0.6) is 0 Å². The number of amides is 1. The molecule has 0 aromatic carbocycles. The molecule has 0 fully saturated rings. The van der Waals surface area contributed by atoms with E-state index in [4.69, 9.17) is 4.74 Å². The van der Waals surface area contributed by atoms with E-state index >= 15 is 0 Å². The summed E-state index contributed by atoms with van der Waals surface area (Å²) < 4.78 is 5.52. The molecule has 532 valence electrons. The van der Waals surface area contributed by atoms with Gasteiger partial charge in [0.05, 0.1) is 25.4 Å². The molecule has 0 spiro atoms. The predicted octanol–water partition coefficient (Wildman–Crippen LogP) is 27.4. The van der Waals surface area contributed by atoms with Crippen LogP contribution in [-0.4, -0.2) is 47.4 Å². The van der Waals surface area contributed by atoms with Crippen molar-refractivity contribution in [2.45, 2.75) is 475 Å². The van der Waals surface area contributed by atoms with Crippen molar-refractivity contribution in [3.05, 3.63) is 36.5 Å². The van der Waals surface area contributed by atoms with E-state index < -0.39 is 12.1 Å². The van der Waals surface area contributed by atoms with Crippen molar-refractivity contribution in [1.29, 1.82) is 0 Å². The van der Waals surface area contributed by atoms with Gasteiger partial charge in [-0.2, -0.15) is 0 Å². The normalized spacial score (nSPS) is 12.6. The van der Waals surface area contributed by atoms with Crippen molar-refractivity contribution >= 4 is 11.9 Å². The molecule has 3 N–H and O–H groups in total. The number of carbonyl (C=O) groups excluding carboxylic acids is 2. The third-order valence-electron chi connectivity index (χ3n) is 19.4. The van der Waals surface area contributed by atoms with E-state index in [1.165, 1.54) is 398 Å². The van der Waals surface area contributed by atoms with Crippen molar-refractivity contribution < 1.29 is 24.5 Å². The lowest BCUT2D eigenvalue weighted by molar-refractivity contribution is -0.143. The maximum Gasteiger partial charge on any atom is 0.305 e. The van der Waals surface area contributed by atoms with Gasteiger partial charge in [-0.3, -0.25) is 9.59 Å². The standard InChI is InChI=1S/C84H161NO5/c1-3-5-7-9-11-13-15-17-19-21-23-37-41-44-48-52-56-60-64-68-72-76-82(87)81(80-86)85-83(88)77-73-69-65-61-57-53-49-45-42-38-35-33-31-29-27-25-24-26-28-30-32-34-36-39-43-47-51-55-59-63-67-71-75-79-90-84(89)78-74-70-66-62-58-54-50-46-40-22-20-18-16-14-12-10-8-6-4-2/h18,20,28,30,72,76,81-82,86-87H,3-17,19,21-27,29,31-71,73-75,77-80H2,1-2H3,(H,85,88)/b20-18-,30-28-,76-72+. The number of ether oxygens (including phenoxy) is 1. The molecule has 2 atom stereocenters. The van der Waals surface area contributed by atoms with Crippen LogP contribution in [0.15, 0.2) is 36.5 Å². The van der Waals surface area contributed by atoms with Crippen molar-refractivity contribution in [1.82, 2.24) is 5.32 Å². The Balaban J connectivity index is 3.36. The third-order valence-corrected chi connectivity index (χ3v) is 19.4. The fourth-order valence-electron chi connectivity index (χ4n) is 13.1. The number of carbonyl (C=O) groups is 2. The average molecular weight is 1270 g/mol. The van der Waals surface area contributed by atoms with E-state index in [1.54, 1.807) is 6.08 Å². The number of hydrogen-bond donors (Lipinski definition) is 3. The highest BCUT2D eigenvalue weighted by Gasteiger charge is 2.18. The lowest BCUT2D eigenvalue weighted by atomic mass is 10.0. The van der Waals surface area contributed by atoms with Gasteiger partial charge in [0.1, 0.15) is 0 Å². The Morgan fingerprint density at radius 2 is 0.522 bits per heavy atom. The van der Waals surface area contributed by atoms with Gasteiger partial charge in [-0.25, -0.2) is 0 Å². The summed E-state index contributed by atoms with van der Waals surface area (Å²) in [6, 6.07) is -0.627. The molecule has 6 heteroatoms. The number of esters is 1. The molecule has 1 amide bonds. The summed E-state index contributed by atoms with van der Waals surface area (Å²) in [4.78, 5) is 24.7. The Morgan fingerprint density at radius 3 is 0.789 bits per heavy atom. The monoisotopic (exact) mass is 1260 g/mol. The van der Waals surface area contributed by atoms with Gasteiger partial charge in [0.15, 0.2) is 0 Å². The van der Waals surface area contributed by atoms with Gasteiger partial charge in [-0.15, -0.1) is 0 Å². The topological polar surface area (TPSA) is 95.9 Å². The minimum absolute atomic E-state index is 0.0189. The molecule has 90 heavy (non-hydrogen) atoms. The predicted molar refractivity (Wildman–Crippen MR) is 398 cm³/mol. The summed E-state index contributed by atoms with van der Waals surface area (Å²) >= 11 is 0. The van der Waals surface area contributed by atoms with Gasteiger partial charge in [0.25, 0.3) is 0 Å². The average Bonchev–Trinajstić information content (AvgIpc) is 3.65. The Bertz CT molecular complexity index is 1460. The highest BCUT2D eigenvalue weighted by Crippen LogP contribution is 2.20. The van der Waals surface area contributed by atoms with Crippen molar-refractivity contribution in [3.63, 3.8) is 0 Å². The maximum atomic E-state index is 12.5. The molecule has 0 radical (unpaired) electrons. The largest absolute Gasteiger partial charge is 0.466 e.